The van der Waals surface area contributed by atoms with E-state index in [0.717, 1.165) is 33.6 Å². The summed E-state index contributed by atoms with van der Waals surface area (Å²) in [5.41, 5.74) is 0.481. The van der Waals surface area contributed by atoms with Crippen LogP contribution in [0.4, 0.5) is 0 Å². The van der Waals surface area contributed by atoms with E-state index in [4.69, 9.17) is 9.41 Å². The molecule has 0 saturated heterocycles. The second-order valence-corrected chi connectivity index (χ2v) is 8.70. The largest absolute Gasteiger partial charge is 0.449 e. The van der Waals surface area contributed by atoms with Crippen LogP contribution in [0.1, 0.15) is 31.7 Å². The van der Waals surface area contributed by atoms with E-state index in [0.29, 0.717) is 21.3 Å². The van der Waals surface area contributed by atoms with Gasteiger partial charge in [0, 0.05) is 11.0 Å². The fourth-order valence-corrected chi connectivity index (χ4v) is 4.43. The average Bonchev–Trinajstić information content (AvgIpc) is 2.99. The zero-order valence-electron chi connectivity index (χ0n) is 14.4. The normalized spacial score (nSPS) is 18.4. The van der Waals surface area contributed by atoms with Gasteiger partial charge >= 0.3 is 0 Å². The predicted octanol–water partition coefficient (Wildman–Crippen LogP) is 3.48. The van der Waals surface area contributed by atoms with Gasteiger partial charge in [-0.05, 0) is 50.4 Å². The minimum atomic E-state index is -0.551. The molecule has 1 aromatic heterocycles. The fraction of sp³-hybridized carbons (Fsp3) is 0.278. The molecule has 27 heavy (non-hydrogen) atoms. The van der Waals surface area contributed by atoms with E-state index in [2.05, 4.69) is 49.2 Å². The van der Waals surface area contributed by atoms with Crippen molar-refractivity contribution >= 4 is 60.4 Å². The number of hydrazone groups is 1. The van der Waals surface area contributed by atoms with Crippen LogP contribution >= 0.6 is 43.6 Å². The Hall–Kier alpha value is -1.58. The molecule has 9 heteroatoms. The SMILES string of the molecule is CCCCSC1=NN2C(=c3ccccc3=N[C@@H]2c2cc(Br)c(Br)o2)C(=O)N1. The molecule has 2 aliphatic rings. The third-order valence-electron chi connectivity index (χ3n) is 4.17. The number of nitrogens with one attached hydrogen (secondary N) is 1. The molecule has 140 valence electrons. The second-order valence-electron chi connectivity index (χ2n) is 6.04. The van der Waals surface area contributed by atoms with Gasteiger partial charge in [-0.1, -0.05) is 43.3 Å². The van der Waals surface area contributed by atoms with Crippen LogP contribution in [0.15, 0.2) is 54.0 Å². The highest BCUT2D eigenvalue weighted by Gasteiger charge is 2.36. The molecule has 0 aliphatic carbocycles. The standard InChI is InChI=1S/C18H16Br2N4O2S/c1-2-3-8-27-18-22-17(25)14-10-6-4-5-7-12(10)21-16(24(14)23-18)13-9-11(19)15(20)26-13/h4-7,9,16H,2-3,8H2,1H3,(H,22,23,25)/t16-/m0/s1. The third kappa shape index (κ3) is 3.60. The molecule has 6 nitrogen and oxygen atoms in total. The van der Waals surface area contributed by atoms with Gasteiger partial charge in [0.2, 0.25) is 6.17 Å². The second kappa shape index (κ2) is 7.81. The average molecular weight is 512 g/mol. The summed E-state index contributed by atoms with van der Waals surface area (Å²) in [6.07, 6.45) is 1.60. The first-order valence-electron chi connectivity index (χ1n) is 8.52. The Labute approximate surface area is 177 Å². The molecular formula is C18H16Br2N4O2S. The maximum atomic E-state index is 12.9. The fourth-order valence-electron chi connectivity index (χ4n) is 2.88. The van der Waals surface area contributed by atoms with E-state index < -0.39 is 6.17 Å². The molecule has 1 amide bonds. The van der Waals surface area contributed by atoms with Crippen molar-refractivity contribution in [3.05, 3.63) is 55.8 Å². The number of thioether (sulfide) groups is 1. The Balaban J connectivity index is 1.84. The molecular weight excluding hydrogens is 496 g/mol. The summed E-state index contributed by atoms with van der Waals surface area (Å²) in [5.74, 6) is 1.31. The smallest absolute Gasteiger partial charge is 0.276 e. The van der Waals surface area contributed by atoms with Crippen LogP contribution < -0.4 is 15.9 Å². The number of halogens is 2. The number of hydrogen-bond donors (Lipinski definition) is 1. The number of rotatable bonds is 4. The summed E-state index contributed by atoms with van der Waals surface area (Å²) in [5, 5.41) is 11.3. The molecule has 1 N–H and O–H groups in total. The maximum absolute atomic E-state index is 12.9. The van der Waals surface area contributed by atoms with Gasteiger partial charge in [0.05, 0.1) is 9.83 Å². The number of furan rings is 1. The molecule has 1 atom stereocenters. The number of hydrogen-bond acceptors (Lipinski definition) is 6. The molecule has 0 saturated carbocycles. The number of para-hydroxylation sites is 1. The number of fused-ring (bicyclic) bond motifs is 2. The van der Waals surface area contributed by atoms with Crippen molar-refractivity contribution in [1.82, 2.24) is 10.3 Å². The summed E-state index contributed by atoms with van der Waals surface area (Å²) in [7, 11) is 0. The summed E-state index contributed by atoms with van der Waals surface area (Å²) >= 11 is 8.35. The monoisotopic (exact) mass is 510 g/mol. The van der Waals surface area contributed by atoms with E-state index >= 15 is 0 Å². The number of amidine groups is 1. The molecule has 0 radical (unpaired) electrons. The lowest BCUT2D eigenvalue weighted by Gasteiger charge is -2.32. The number of carbonyl (C=O) groups excluding carboxylic acids is 1. The molecule has 3 heterocycles. The van der Waals surface area contributed by atoms with Crippen LogP contribution in [0.25, 0.3) is 5.70 Å². The lowest BCUT2D eigenvalue weighted by atomic mass is 10.1. The van der Waals surface area contributed by atoms with Crippen molar-refractivity contribution in [2.24, 2.45) is 10.1 Å². The van der Waals surface area contributed by atoms with Crippen molar-refractivity contribution in [2.75, 3.05) is 5.75 Å². The summed E-state index contributed by atoms with van der Waals surface area (Å²) < 4.78 is 7.17. The van der Waals surface area contributed by atoms with Crippen LogP contribution in [0.5, 0.6) is 0 Å². The zero-order valence-corrected chi connectivity index (χ0v) is 18.4. The highest BCUT2D eigenvalue weighted by Crippen LogP contribution is 2.36. The molecule has 0 fully saturated rings. The van der Waals surface area contributed by atoms with Crippen molar-refractivity contribution in [3.63, 3.8) is 0 Å². The van der Waals surface area contributed by atoms with Crippen molar-refractivity contribution in [2.45, 2.75) is 25.9 Å². The number of nitrogens with zero attached hydrogens (tertiary/aromatic N) is 3. The van der Waals surface area contributed by atoms with Crippen molar-refractivity contribution < 1.29 is 9.21 Å². The highest BCUT2D eigenvalue weighted by atomic mass is 79.9. The third-order valence-corrected chi connectivity index (χ3v) is 6.83. The number of benzene rings is 1. The Bertz CT molecular complexity index is 1030. The predicted molar refractivity (Wildman–Crippen MR) is 112 cm³/mol. The molecule has 2 aliphatic heterocycles. The van der Waals surface area contributed by atoms with Gasteiger partial charge in [0.15, 0.2) is 15.6 Å². The van der Waals surface area contributed by atoms with Gasteiger partial charge in [-0.2, -0.15) is 0 Å². The molecule has 4 rings (SSSR count). The lowest BCUT2D eigenvalue weighted by molar-refractivity contribution is -0.116. The van der Waals surface area contributed by atoms with Crippen molar-refractivity contribution in [1.29, 1.82) is 0 Å². The lowest BCUT2D eigenvalue weighted by Crippen LogP contribution is -2.50. The molecule has 2 aromatic rings. The van der Waals surface area contributed by atoms with Crippen molar-refractivity contribution in [3.8, 4) is 0 Å². The summed E-state index contributed by atoms with van der Waals surface area (Å²) in [6, 6.07) is 9.41. The zero-order chi connectivity index (χ0) is 19.0. The van der Waals surface area contributed by atoms with Gasteiger partial charge in [0.25, 0.3) is 5.91 Å². The first-order chi connectivity index (χ1) is 13.1. The highest BCUT2D eigenvalue weighted by molar-refractivity contribution is 9.13. The van der Waals surface area contributed by atoms with Gasteiger partial charge in [-0.3, -0.25) is 10.1 Å². The minimum absolute atomic E-state index is 0.180. The molecule has 1 aromatic carbocycles. The Morgan fingerprint density at radius 3 is 2.89 bits per heavy atom. The van der Waals surface area contributed by atoms with Gasteiger partial charge < -0.3 is 4.42 Å². The Morgan fingerprint density at radius 1 is 1.33 bits per heavy atom. The van der Waals surface area contributed by atoms with Gasteiger partial charge in [-0.25, -0.2) is 10.0 Å². The number of amides is 1. The maximum Gasteiger partial charge on any atom is 0.276 e. The van der Waals surface area contributed by atoms with Crippen LogP contribution in [-0.2, 0) is 4.79 Å². The summed E-state index contributed by atoms with van der Waals surface area (Å²) in [4.78, 5) is 17.7. The van der Waals surface area contributed by atoms with Crippen LogP contribution in [0, 0.1) is 0 Å². The van der Waals surface area contributed by atoms with Gasteiger partial charge in [0.1, 0.15) is 5.70 Å². The van der Waals surface area contributed by atoms with E-state index in [1.54, 1.807) is 16.8 Å². The van der Waals surface area contributed by atoms with Crippen LogP contribution in [0.3, 0.4) is 0 Å². The van der Waals surface area contributed by atoms with Crippen LogP contribution in [0.2, 0.25) is 0 Å². The molecule has 0 unspecified atom stereocenters. The van der Waals surface area contributed by atoms with E-state index in [1.165, 1.54) is 0 Å². The topological polar surface area (TPSA) is 70.2 Å². The number of unbranched alkanes of at least 4 members (excludes halogenated alkanes) is 1. The quantitative estimate of drug-likeness (QED) is 0.638. The molecule has 0 bridgehead atoms. The summed E-state index contributed by atoms with van der Waals surface area (Å²) in [6.45, 7) is 2.14. The number of carbonyl (C=O) groups is 1. The van der Waals surface area contributed by atoms with Crippen LogP contribution in [-0.4, -0.2) is 21.8 Å². The first-order valence-corrected chi connectivity index (χ1v) is 11.1. The van der Waals surface area contributed by atoms with Gasteiger partial charge in [-0.15, -0.1) is 5.10 Å². The Morgan fingerprint density at radius 2 is 2.15 bits per heavy atom. The van der Waals surface area contributed by atoms with E-state index in [1.807, 2.05) is 30.3 Å². The van der Waals surface area contributed by atoms with E-state index in [-0.39, 0.29) is 5.91 Å². The first kappa shape index (κ1) is 18.8. The Kier molecular flexibility index (Phi) is 5.43. The van der Waals surface area contributed by atoms with E-state index in [9.17, 15) is 4.79 Å². The molecule has 0 spiro atoms. The minimum Gasteiger partial charge on any atom is -0.449 e.